The lowest BCUT2D eigenvalue weighted by Crippen LogP contribution is -2.20. The Kier molecular flexibility index (Phi) is 6.37. The Morgan fingerprint density at radius 3 is 2.00 bits per heavy atom. The molecule has 0 aliphatic rings. The van der Waals surface area contributed by atoms with Gasteiger partial charge < -0.3 is 5.73 Å². The Bertz CT molecular complexity index is 647. The predicted molar refractivity (Wildman–Crippen MR) is 84.5 cm³/mol. The van der Waals surface area contributed by atoms with Gasteiger partial charge in [-0.15, -0.1) is 0 Å². The molecule has 0 saturated carbocycles. The van der Waals surface area contributed by atoms with E-state index in [0.29, 0.717) is 13.0 Å². The lowest BCUT2D eigenvalue weighted by atomic mass is 10.2. The third-order valence-corrected chi connectivity index (χ3v) is 6.86. The molecule has 0 amide bonds. The summed E-state index contributed by atoms with van der Waals surface area (Å²) >= 11 is 0. The Labute approximate surface area is 127 Å². The molecule has 2 N–H and O–H groups in total. The van der Waals surface area contributed by atoms with Gasteiger partial charge in [-0.3, -0.25) is 0 Å². The van der Waals surface area contributed by atoms with Gasteiger partial charge in [0.25, 0.3) is 0 Å². The van der Waals surface area contributed by atoms with Crippen molar-refractivity contribution in [1.29, 1.82) is 0 Å². The van der Waals surface area contributed by atoms with Crippen molar-refractivity contribution in [2.75, 3.05) is 17.3 Å². The van der Waals surface area contributed by atoms with E-state index in [1.165, 1.54) is 12.1 Å². The molecule has 21 heavy (non-hydrogen) atoms. The van der Waals surface area contributed by atoms with Crippen molar-refractivity contribution in [3.63, 3.8) is 0 Å². The lowest BCUT2D eigenvalue weighted by Gasteiger charge is -2.08. The van der Waals surface area contributed by atoms with E-state index >= 15 is 0 Å². The summed E-state index contributed by atoms with van der Waals surface area (Å²) in [6.07, 6.45) is 0.549. The summed E-state index contributed by atoms with van der Waals surface area (Å²) < 4.78 is 47.9. The van der Waals surface area contributed by atoms with Crippen LogP contribution in [-0.2, 0) is 26.2 Å². The fraction of sp³-hybridized carbons (Fsp3) is 0.571. The molecule has 0 unspecified atom stereocenters. The standard InChI is InChI=1S/C14H23NO4S2/c1-12(2)7-8-20(16,17)9-10-21(18,19)14-5-3-13(11-15)4-6-14/h3-6,12H,7-11,15H2,1-2H3. The molecule has 0 saturated heterocycles. The monoisotopic (exact) mass is 333 g/mol. The molecule has 0 aliphatic carbocycles. The first kappa shape index (κ1) is 18.1. The topological polar surface area (TPSA) is 94.3 Å². The summed E-state index contributed by atoms with van der Waals surface area (Å²) in [6, 6.07) is 6.22. The molecule has 0 radical (unpaired) electrons. The summed E-state index contributed by atoms with van der Waals surface area (Å²) in [5.41, 5.74) is 6.29. The Hall–Kier alpha value is -0.920. The van der Waals surface area contributed by atoms with E-state index in [9.17, 15) is 16.8 Å². The summed E-state index contributed by atoms with van der Waals surface area (Å²) in [4.78, 5) is 0.138. The molecule has 7 heteroatoms. The molecule has 1 aromatic rings. The van der Waals surface area contributed by atoms with Crippen LogP contribution in [-0.4, -0.2) is 34.1 Å². The molecule has 1 rings (SSSR count). The van der Waals surface area contributed by atoms with Gasteiger partial charge in [0, 0.05) is 6.54 Å². The van der Waals surface area contributed by atoms with Crippen LogP contribution >= 0.6 is 0 Å². The number of rotatable bonds is 8. The van der Waals surface area contributed by atoms with E-state index in [1.807, 2.05) is 13.8 Å². The molecule has 0 spiro atoms. The maximum Gasteiger partial charge on any atom is 0.179 e. The highest BCUT2D eigenvalue weighted by Crippen LogP contribution is 2.13. The maximum atomic E-state index is 12.1. The first-order valence-electron chi connectivity index (χ1n) is 6.88. The number of sulfone groups is 2. The second-order valence-electron chi connectivity index (χ2n) is 5.50. The van der Waals surface area contributed by atoms with E-state index in [1.54, 1.807) is 12.1 Å². The molecule has 0 bridgehead atoms. The molecular weight excluding hydrogens is 310 g/mol. The third-order valence-electron chi connectivity index (χ3n) is 3.19. The Morgan fingerprint density at radius 2 is 1.52 bits per heavy atom. The Balaban J connectivity index is 2.72. The van der Waals surface area contributed by atoms with Crippen LogP contribution in [0.5, 0.6) is 0 Å². The molecule has 0 aromatic heterocycles. The van der Waals surface area contributed by atoms with E-state index in [-0.39, 0.29) is 28.1 Å². The summed E-state index contributed by atoms with van der Waals surface area (Å²) in [5, 5.41) is 0. The second kappa shape index (κ2) is 7.38. The fourth-order valence-electron chi connectivity index (χ4n) is 1.70. The SMILES string of the molecule is CC(C)CCS(=O)(=O)CCS(=O)(=O)c1ccc(CN)cc1. The van der Waals surface area contributed by atoms with Crippen molar-refractivity contribution < 1.29 is 16.8 Å². The maximum absolute atomic E-state index is 12.1. The van der Waals surface area contributed by atoms with Crippen LogP contribution < -0.4 is 5.73 Å². The van der Waals surface area contributed by atoms with Gasteiger partial charge in [0.05, 0.1) is 22.2 Å². The molecule has 0 fully saturated rings. The van der Waals surface area contributed by atoms with Gasteiger partial charge >= 0.3 is 0 Å². The van der Waals surface area contributed by atoms with Crippen molar-refractivity contribution in [3.8, 4) is 0 Å². The first-order chi connectivity index (χ1) is 9.66. The smallest absolute Gasteiger partial charge is 0.179 e. The van der Waals surface area contributed by atoms with Gasteiger partial charge in [-0.2, -0.15) is 0 Å². The number of nitrogens with two attached hydrogens (primary N) is 1. The molecule has 0 aliphatic heterocycles. The van der Waals surface area contributed by atoms with Crippen LogP contribution in [0.25, 0.3) is 0 Å². The van der Waals surface area contributed by atoms with E-state index in [2.05, 4.69) is 0 Å². The van der Waals surface area contributed by atoms with E-state index in [4.69, 9.17) is 5.73 Å². The fourth-order valence-corrected chi connectivity index (χ4v) is 5.42. The molecule has 1 aromatic carbocycles. The first-order valence-corrected chi connectivity index (χ1v) is 10.4. The summed E-state index contributed by atoms with van der Waals surface area (Å²) in [5.74, 6) is -0.400. The minimum absolute atomic E-state index is 0.0340. The van der Waals surface area contributed by atoms with Crippen LogP contribution in [0.3, 0.4) is 0 Å². The van der Waals surface area contributed by atoms with Crippen LogP contribution in [0.15, 0.2) is 29.2 Å². The average molecular weight is 333 g/mol. The zero-order chi connectivity index (χ0) is 16.1. The normalized spacial score (nSPS) is 12.8. The number of hydrogen-bond donors (Lipinski definition) is 1. The highest BCUT2D eigenvalue weighted by atomic mass is 32.2. The van der Waals surface area contributed by atoms with Crippen LogP contribution in [0.1, 0.15) is 25.8 Å². The molecule has 120 valence electrons. The largest absolute Gasteiger partial charge is 0.326 e. The molecule has 0 heterocycles. The van der Waals surface area contributed by atoms with E-state index in [0.717, 1.165) is 5.56 Å². The van der Waals surface area contributed by atoms with Crippen molar-refractivity contribution in [3.05, 3.63) is 29.8 Å². The van der Waals surface area contributed by atoms with Gasteiger partial charge in [-0.05, 0) is 30.0 Å². The highest BCUT2D eigenvalue weighted by Gasteiger charge is 2.20. The molecular formula is C14H23NO4S2. The summed E-state index contributed by atoms with van der Waals surface area (Å²) in [6.45, 7) is 4.21. The van der Waals surface area contributed by atoms with E-state index < -0.39 is 19.7 Å². The van der Waals surface area contributed by atoms with Gasteiger partial charge in [-0.25, -0.2) is 16.8 Å². The Morgan fingerprint density at radius 1 is 0.952 bits per heavy atom. The van der Waals surface area contributed by atoms with Crippen molar-refractivity contribution in [1.82, 2.24) is 0 Å². The zero-order valence-corrected chi connectivity index (χ0v) is 14.1. The zero-order valence-electron chi connectivity index (χ0n) is 12.4. The quantitative estimate of drug-likeness (QED) is 0.775. The van der Waals surface area contributed by atoms with Gasteiger partial charge in [0.2, 0.25) is 0 Å². The number of hydrogen-bond acceptors (Lipinski definition) is 5. The minimum atomic E-state index is -3.58. The summed E-state index contributed by atoms with van der Waals surface area (Å²) in [7, 11) is -6.91. The minimum Gasteiger partial charge on any atom is -0.326 e. The van der Waals surface area contributed by atoms with Gasteiger partial charge in [0.15, 0.2) is 19.7 Å². The predicted octanol–water partition coefficient (Wildman–Crippen LogP) is 1.38. The van der Waals surface area contributed by atoms with Crippen LogP contribution in [0.4, 0.5) is 0 Å². The second-order valence-corrected chi connectivity index (χ2v) is 9.91. The van der Waals surface area contributed by atoms with Crippen molar-refractivity contribution >= 4 is 19.7 Å². The lowest BCUT2D eigenvalue weighted by molar-refractivity contribution is 0.572. The molecule has 0 atom stereocenters. The third kappa shape index (κ3) is 6.15. The van der Waals surface area contributed by atoms with Crippen LogP contribution in [0.2, 0.25) is 0 Å². The van der Waals surface area contributed by atoms with Gasteiger partial charge in [-0.1, -0.05) is 26.0 Å². The van der Waals surface area contributed by atoms with Crippen molar-refractivity contribution in [2.45, 2.75) is 31.7 Å². The van der Waals surface area contributed by atoms with Crippen molar-refractivity contribution in [2.24, 2.45) is 11.7 Å². The van der Waals surface area contributed by atoms with Crippen LogP contribution in [0, 0.1) is 5.92 Å². The molecule has 5 nitrogen and oxygen atoms in total. The van der Waals surface area contributed by atoms with Gasteiger partial charge in [0.1, 0.15) is 0 Å². The average Bonchev–Trinajstić information content (AvgIpc) is 2.44. The highest BCUT2D eigenvalue weighted by molar-refractivity contribution is 7.95. The number of benzene rings is 1.